The number of hydrogen-bond donors (Lipinski definition) is 2. The highest BCUT2D eigenvalue weighted by Gasteiger charge is 2.82. The van der Waals surface area contributed by atoms with Crippen molar-refractivity contribution in [3.05, 3.63) is 11.6 Å². The molecule has 3 saturated carbocycles. The van der Waals surface area contributed by atoms with Crippen LogP contribution in [-0.4, -0.2) is 29.1 Å². The maximum Gasteiger partial charge on any atom is 0.123 e. The maximum absolute atomic E-state index is 10.5. The Balaban J connectivity index is 1.43. The average molecular weight is 470 g/mol. The van der Waals surface area contributed by atoms with Crippen LogP contribution in [0.15, 0.2) is 11.6 Å². The highest BCUT2D eigenvalue weighted by molar-refractivity contribution is 5.34. The van der Waals surface area contributed by atoms with Crippen molar-refractivity contribution in [1.29, 1.82) is 0 Å². The van der Waals surface area contributed by atoms with Crippen molar-refractivity contribution in [3.63, 3.8) is 0 Å². The van der Waals surface area contributed by atoms with Crippen molar-refractivity contribution in [1.82, 2.24) is 5.32 Å². The molecule has 2 saturated heterocycles. The zero-order valence-electron chi connectivity index (χ0n) is 23.3. The first-order chi connectivity index (χ1) is 15.7. The van der Waals surface area contributed by atoms with Gasteiger partial charge in [-0.2, -0.15) is 0 Å². The molecule has 34 heavy (non-hydrogen) atoms. The molecule has 6 aliphatic rings. The molecule has 2 heterocycles. The van der Waals surface area contributed by atoms with Gasteiger partial charge < -0.3 is 9.84 Å². The number of aliphatic hydroxyl groups excluding tert-OH is 1. The zero-order chi connectivity index (χ0) is 24.6. The van der Waals surface area contributed by atoms with E-state index in [1.165, 1.54) is 32.1 Å². The molecule has 192 valence electrons. The minimum atomic E-state index is -0.147. The van der Waals surface area contributed by atoms with E-state index in [-0.39, 0.29) is 39.1 Å². The number of aliphatic hydroxyl groups is 1. The average Bonchev–Trinajstić information content (AvgIpc) is 3.02. The fraction of sp³-hybridized carbons (Fsp3) is 0.935. The van der Waals surface area contributed by atoms with Crippen LogP contribution in [0.25, 0.3) is 0 Å². The van der Waals surface area contributed by atoms with Crippen LogP contribution < -0.4 is 5.32 Å². The Morgan fingerprint density at radius 1 is 0.941 bits per heavy atom. The fourth-order valence-corrected chi connectivity index (χ4v) is 11.8. The third-order valence-electron chi connectivity index (χ3n) is 14.6. The molecule has 1 spiro atoms. The van der Waals surface area contributed by atoms with Crippen LogP contribution in [0.1, 0.15) is 113 Å². The number of fused-ring (bicyclic) bond motifs is 7. The second-order valence-electron chi connectivity index (χ2n) is 15.3. The Morgan fingerprint density at radius 2 is 1.68 bits per heavy atom. The molecule has 3 nitrogen and oxygen atoms in total. The summed E-state index contributed by atoms with van der Waals surface area (Å²) in [6.45, 7) is 21.7. The van der Waals surface area contributed by atoms with E-state index in [9.17, 15) is 5.11 Å². The lowest BCUT2D eigenvalue weighted by atomic mass is 9.35. The van der Waals surface area contributed by atoms with E-state index < -0.39 is 0 Å². The van der Waals surface area contributed by atoms with Gasteiger partial charge in [-0.1, -0.05) is 60.1 Å². The van der Waals surface area contributed by atoms with Crippen LogP contribution >= 0.6 is 0 Å². The highest BCUT2D eigenvalue weighted by atomic mass is 16.5. The molecule has 0 aromatic heterocycles. The molecule has 0 radical (unpaired) electrons. The normalized spacial score (nSPS) is 63.0. The van der Waals surface area contributed by atoms with Crippen molar-refractivity contribution >= 4 is 0 Å². The number of nitrogens with one attached hydrogen (secondary N) is 1. The van der Waals surface area contributed by atoms with Crippen LogP contribution in [0, 0.1) is 44.8 Å². The van der Waals surface area contributed by atoms with Crippen LogP contribution in [0.5, 0.6) is 0 Å². The lowest BCUT2D eigenvalue weighted by Crippen LogP contribution is -2.64. The predicted molar refractivity (Wildman–Crippen MR) is 138 cm³/mol. The van der Waals surface area contributed by atoms with Crippen molar-refractivity contribution < 1.29 is 9.84 Å². The van der Waals surface area contributed by atoms with Crippen molar-refractivity contribution in [2.45, 2.75) is 131 Å². The number of rotatable bonds is 0. The second-order valence-corrected chi connectivity index (χ2v) is 15.3. The lowest BCUT2D eigenvalue weighted by Gasteiger charge is -2.69. The van der Waals surface area contributed by atoms with Gasteiger partial charge in [-0.3, -0.25) is 5.32 Å². The third-order valence-corrected chi connectivity index (χ3v) is 14.6. The number of ether oxygens (including phenoxy) is 1. The van der Waals surface area contributed by atoms with Gasteiger partial charge in [0.2, 0.25) is 0 Å². The summed E-state index contributed by atoms with van der Waals surface area (Å²) in [6.07, 6.45) is 12.9. The van der Waals surface area contributed by atoms with E-state index in [0.717, 1.165) is 38.1 Å². The molecule has 6 rings (SSSR count). The van der Waals surface area contributed by atoms with E-state index in [0.29, 0.717) is 17.3 Å². The van der Waals surface area contributed by atoms with Gasteiger partial charge in [0.25, 0.3) is 0 Å². The molecule has 0 unspecified atom stereocenters. The molecule has 4 aliphatic carbocycles. The van der Waals surface area contributed by atoms with E-state index in [1.807, 2.05) is 0 Å². The molecule has 11 atom stereocenters. The van der Waals surface area contributed by atoms with Gasteiger partial charge in [0.1, 0.15) is 5.72 Å². The lowest BCUT2D eigenvalue weighted by molar-refractivity contribution is -0.189. The van der Waals surface area contributed by atoms with Gasteiger partial charge in [-0.25, -0.2) is 0 Å². The molecule has 0 aromatic carbocycles. The van der Waals surface area contributed by atoms with Gasteiger partial charge in [0.15, 0.2) is 0 Å². The first kappa shape index (κ1) is 24.0. The van der Waals surface area contributed by atoms with Crippen molar-refractivity contribution in [3.8, 4) is 0 Å². The summed E-state index contributed by atoms with van der Waals surface area (Å²) in [5, 5.41) is 14.4. The Hall–Kier alpha value is -0.380. The van der Waals surface area contributed by atoms with Crippen LogP contribution in [0.3, 0.4) is 0 Å². The molecule has 0 amide bonds. The Morgan fingerprint density at radius 3 is 2.35 bits per heavy atom. The summed E-state index contributed by atoms with van der Waals surface area (Å²) in [4.78, 5) is 0. The van der Waals surface area contributed by atoms with E-state index in [4.69, 9.17) is 4.74 Å². The zero-order valence-corrected chi connectivity index (χ0v) is 23.3. The minimum absolute atomic E-state index is 0.0948. The number of piperidine rings is 1. The number of allylic oxidation sites excluding steroid dienone is 1. The first-order valence-corrected chi connectivity index (χ1v) is 14.5. The quantitative estimate of drug-likeness (QED) is 0.381. The second kappa shape index (κ2) is 6.73. The smallest absolute Gasteiger partial charge is 0.123 e. The summed E-state index contributed by atoms with van der Waals surface area (Å²) in [7, 11) is 0. The van der Waals surface area contributed by atoms with Gasteiger partial charge in [-0.05, 0) is 98.2 Å². The SMILES string of the molecule is C[C@@H]1CC[C@@]2(NC1)O[C@@]1(C)C[C@@]3(C)[C@@H]4CC=C5C[C@@H](O)CC[C@]5(C)[C@@]4(C)CC[C@]3(C)[C@@]1(C)[C@@H]2C. The summed E-state index contributed by atoms with van der Waals surface area (Å²) in [5.74, 6) is 1.92. The molecular weight excluding hydrogens is 418 g/mol. The van der Waals surface area contributed by atoms with E-state index in [2.05, 4.69) is 66.8 Å². The van der Waals surface area contributed by atoms with Gasteiger partial charge in [0.05, 0.1) is 11.7 Å². The van der Waals surface area contributed by atoms with Crippen molar-refractivity contribution in [2.24, 2.45) is 44.8 Å². The summed E-state index contributed by atoms with van der Waals surface area (Å²) < 4.78 is 7.39. The van der Waals surface area contributed by atoms with Crippen LogP contribution in [0.4, 0.5) is 0 Å². The molecule has 2 N–H and O–H groups in total. The topological polar surface area (TPSA) is 41.5 Å². The van der Waals surface area contributed by atoms with Crippen LogP contribution in [0.2, 0.25) is 0 Å². The molecule has 5 fully saturated rings. The monoisotopic (exact) mass is 469 g/mol. The van der Waals surface area contributed by atoms with E-state index in [1.54, 1.807) is 5.57 Å². The standard InChI is InChI=1S/C31H51NO2/c1-20-11-14-31(32-18-20)21(2)30(8)28(6)16-15-26(4)24(27(28,5)19-29(30,7)34-31)10-9-22-17-23(33)12-13-25(22,26)3/h9,20-21,23-24,32-33H,10-19H2,1-8H3/t20-,21+,23+,24-,25+,26+,27+,28+,29+,30-,31-/m1/s1. The minimum Gasteiger partial charge on any atom is -0.393 e. The maximum atomic E-state index is 10.5. The largest absolute Gasteiger partial charge is 0.393 e. The van der Waals surface area contributed by atoms with Crippen LogP contribution in [-0.2, 0) is 4.74 Å². The first-order valence-electron chi connectivity index (χ1n) is 14.5. The fourth-order valence-electron chi connectivity index (χ4n) is 11.8. The molecular formula is C31H51NO2. The summed E-state index contributed by atoms with van der Waals surface area (Å²) >= 11 is 0. The van der Waals surface area contributed by atoms with Gasteiger partial charge >= 0.3 is 0 Å². The Kier molecular flexibility index (Phi) is 4.75. The van der Waals surface area contributed by atoms with Gasteiger partial charge in [0, 0.05) is 17.9 Å². The Bertz CT molecular complexity index is 920. The number of hydrogen-bond acceptors (Lipinski definition) is 3. The van der Waals surface area contributed by atoms with E-state index >= 15 is 0 Å². The molecule has 0 bridgehead atoms. The van der Waals surface area contributed by atoms with Crippen molar-refractivity contribution in [2.75, 3.05) is 6.54 Å². The Labute approximate surface area is 208 Å². The van der Waals surface area contributed by atoms with Gasteiger partial charge in [-0.15, -0.1) is 0 Å². The molecule has 3 heteroatoms. The molecule has 2 aliphatic heterocycles. The summed E-state index contributed by atoms with van der Waals surface area (Å²) in [5.41, 5.74) is 2.51. The molecule has 0 aromatic rings. The highest BCUT2D eigenvalue weighted by Crippen LogP contribution is 2.84. The predicted octanol–water partition coefficient (Wildman–Crippen LogP) is 6.85. The summed E-state index contributed by atoms with van der Waals surface area (Å²) in [6, 6.07) is 0. The third kappa shape index (κ3) is 2.38.